The van der Waals surface area contributed by atoms with Crippen LogP contribution in [0.15, 0.2) is 11.1 Å². The third-order valence-corrected chi connectivity index (χ3v) is 3.53. The van der Waals surface area contributed by atoms with Crippen molar-refractivity contribution in [2.75, 3.05) is 18.5 Å². The molecule has 2 aromatic heterocycles. The van der Waals surface area contributed by atoms with Gasteiger partial charge in [0.15, 0.2) is 11.5 Å². The van der Waals surface area contributed by atoms with Crippen LogP contribution in [0.4, 0.5) is 5.82 Å². The molecule has 7 heteroatoms. The lowest BCUT2D eigenvalue weighted by atomic mass is 10.3. The lowest BCUT2D eigenvalue weighted by Gasteiger charge is -2.12. The number of fused-ring (bicyclic) bond motifs is 1. The number of hydrogen-bond acceptors (Lipinski definition) is 5. The predicted molar refractivity (Wildman–Crippen MR) is 87.2 cm³/mol. The van der Waals surface area contributed by atoms with Crippen molar-refractivity contribution in [1.82, 2.24) is 19.1 Å². The number of rotatable bonds is 9. The number of nitrogens with zero attached hydrogens (tertiary/aromatic N) is 4. The zero-order valence-corrected chi connectivity index (χ0v) is 13.4. The molecule has 0 aliphatic carbocycles. The molecule has 0 spiro atoms. The van der Waals surface area contributed by atoms with Gasteiger partial charge in [0.05, 0.1) is 6.33 Å². The maximum absolute atomic E-state index is 12.2. The van der Waals surface area contributed by atoms with E-state index in [9.17, 15) is 4.79 Å². The van der Waals surface area contributed by atoms with Crippen molar-refractivity contribution >= 4 is 17.0 Å². The third-order valence-electron chi connectivity index (χ3n) is 3.53. The van der Waals surface area contributed by atoms with E-state index in [1.165, 1.54) is 0 Å². The van der Waals surface area contributed by atoms with Gasteiger partial charge in [0, 0.05) is 26.2 Å². The van der Waals surface area contributed by atoms with Crippen molar-refractivity contribution in [3.8, 4) is 0 Å². The van der Waals surface area contributed by atoms with E-state index in [1.807, 2.05) is 11.5 Å². The van der Waals surface area contributed by atoms with Crippen LogP contribution in [-0.2, 0) is 13.1 Å². The second-order valence-corrected chi connectivity index (χ2v) is 5.36. The highest BCUT2D eigenvalue weighted by Crippen LogP contribution is 2.19. The molecule has 0 radical (unpaired) electrons. The Bertz CT molecular complexity index is 662. The number of aromatic nitrogens is 4. The monoisotopic (exact) mass is 307 g/mol. The van der Waals surface area contributed by atoms with E-state index in [4.69, 9.17) is 5.11 Å². The topological polar surface area (TPSA) is 85.0 Å². The van der Waals surface area contributed by atoms with Crippen LogP contribution in [0.5, 0.6) is 0 Å². The van der Waals surface area contributed by atoms with Crippen LogP contribution < -0.4 is 11.0 Å². The van der Waals surface area contributed by atoms with Crippen molar-refractivity contribution in [2.24, 2.45) is 0 Å². The minimum Gasteiger partial charge on any atom is -0.396 e. The minimum atomic E-state index is -0.263. The molecule has 2 heterocycles. The van der Waals surface area contributed by atoms with Crippen molar-refractivity contribution in [2.45, 2.75) is 52.6 Å². The van der Waals surface area contributed by atoms with Gasteiger partial charge in [0.25, 0.3) is 0 Å². The number of nitrogens with one attached hydrogen (secondary N) is 1. The Kier molecular flexibility index (Phi) is 5.94. The molecular weight excluding hydrogens is 282 g/mol. The van der Waals surface area contributed by atoms with Gasteiger partial charge in [0.1, 0.15) is 5.52 Å². The molecule has 2 N–H and O–H groups in total. The molecule has 0 unspecified atom stereocenters. The van der Waals surface area contributed by atoms with Crippen LogP contribution in [-0.4, -0.2) is 37.4 Å². The van der Waals surface area contributed by atoms with Gasteiger partial charge in [-0.05, 0) is 25.7 Å². The number of imidazole rings is 1. The van der Waals surface area contributed by atoms with Gasteiger partial charge >= 0.3 is 5.69 Å². The SMILES string of the molecule is CCCn1cnc2c1c(NCCCCO)nc(=O)n2CCC. The zero-order chi connectivity index (χ0) is 15.9. The summed E-state index contributed by atoms with van der Waals surface area (Å²) < 4.78 is 3.68. The molecule has 2 rings (SSSR count). The highest BCUT2D eigenvalue weighted by Gasteiger charge is 2.15. The average Bonchev–Trinajstić information content (AvgIpc) is 2.92. The maximum atomic E-state index is 12.2. The molecule has 22 heavy (non-hydrogen) atoms. The lowest BCUT2D eigenvalue weighted by molar-refractivity contribution is 0.286. The Morgan fingerprint density at radius 2 is 2.00 bits per heavy atom. The summed E-state index contributed by atoms with van der Waals surface area (Å²) in [4.78, 5) is 20.9. The fourth-order valence-electron chi connectivity index (χ4n) is 2.51. The molecule has 122 valence electrons. The quantitative estimate of drug-likeness (QED) is 0.687. The summed E-state index contributed by atoms with van der Waals surface area (Å²) in [7, 11) is 0. The predicted octanol–water partition coefficient (Wildman–Crippen LogP) is 1.60. The molecule has 0 amide bonds. The van der Waals surface area contributed by atoms with Gasteiger partial charge < -0.3 is 15.0 Å². The van der Waals surface area contributed by atoms with Crippen LogP contribution in [0.2, 0.25) is 0 Å². The molecule has 0 bridgehead atoms. The summed E-state index contributed by atoms with van der Waals surface area (Å²) in [5, 5.41) is 12.1. The largest absolute Gasteiger partial charge is 0.396 e. The molecule has 0 aliphatic heterocycles. The van der Waals surface area contributed by atoms with E-state index in [0.717, 1.165) is 37.7 Å². The highest BCUT2D eigenvalue weighted by atomic mass is 16.2. The van der Waals surface area contributed by atoms with Gasteiger partial charge in [-0.25, -0.2) is 9.78 Å². The van der Waals surface area contributed by atoms with E-state index < -0.39 is 0 Å². The van der Waals surface area contributed by atoms with Crippen LogP contribution in [0.1, 0.15) is 39.5 Å². The number of anilines is 1. The van der Waals surface area contributed by atoms with Crippen molar-refractivity contribution in [3.63, 3.8) is 0 Å². The maximum Gasteiger partial charge on any atom is 0.351 e. The standard InChI is InChI=1S/C15H25N5O2/c1-3-8-19-11-17-14-12(19)13(16-7-5-6-10-21)18-15(22)20(14)9-4-2/h11,21H,3-10H2,1-2H3,(H,16,18,22). The molecule has 0 saturated heterocycles. The first-order chi connectivity index (χ1) is 10.7. The number of aliphatic hydroxyl groups excluding tert-OH is 1. The Hall–Kier alpha value is -1.89. The zero-order valence-electron chi connectivity index (χ0n) is 13.4. The van der Waals surface area contributed by atoms with Crippen molar-refractivity contribution < 1.29 is 5.11 Å². The van der Waals surface area contributed by atoms with Crippen LogP contribution >= 0.6 is 0 Å². The second-order valence-electron chi connectivity index (χ2n) is 5.36. The molecule has 7 nitrogen and oxygen atoms in total. The summed E-state index contributed by atoms with van der Waals surface area (Å²) in [5.74, 6) is 0.594. The first-order valence-corrected chi connectivity index (χ1v) is 8.03. The highest BCUT2D eigenvalue weighted by molar-refractivity contribution is 5.83. The Labute approximate surface area is 130 Å². The fraction of sp³-hybridized carbons (Fsp3) is 0.667. The van der Waals surface area contributed by atoms with E-state index in [2.05, 4.69) is 22.2 Å². The Morgan fingerprint density at radius 3 is 2.68 bits per heavy atom. The van der Waals surface area contributed by atoms with Gasteiger partial charge in [-0.1, -0.05) is 13.8 Å². The Balaban J connectivity index is 2.42. The van der Waals surface area contributed by atoms with Crippen molar-refractivity contribution in [3.05, 3.63) is 16.8 Å². The van der Waals surface area contributed by atoms with Gasteiger partial charge in [-0.15, -0.1) is 0 Å². The molecule has 0 fully saturated rings. The summed E-state index contributed by atoms with van der Waals surface area (Å²) in [6.45, 7) is 6.45. The molecule has 0 aliphatic rings. The lowest BCUT2D eigenvalue weighted by Crippen LogP contribution is -2.25. The number of aryl methyl sites for hydroxylation is 2. The first kappa shape index (κ1) is 16.5. The van der Waals surface area contributed by atoms with E-state index in [0.29, 0.717) is 24.6 Å². The first-order valence-electron chi connectivity index (χ1n) is 8.03. The van der Waals surface area contributed by atoms with Gasteiger partial charge in [0.2, 0.25) is 0 Å². The summed E-state index contributed by atoms with van der Waals surface area (Å²) in [6.07, 6.45) is 5.19. The van der Waals surface area contributed by atoms with E-state index in [-0.39, 0.29) is 12.3 Å². The molecule has 0 aromatic carbocycles. The molecule has 2 aromatic rings. The molecule has 0 saturated carbocycles. The van der Waals surface area contributed by atoms with Gasteiger partial charge in [-0.2, -0.15) is 4.98 Å². The van der Waals surface area contributed by atoms with Crippen LogP contribution in [0.25, 0.3) is 11.2 Å². The second kappa shape index (κ2) is 7.93. The summed E-state index contributed by atoms with van der Waals surface area (Å²) in [5.41, 5.74) is 1.32. The normalized spacial score (nSPS) is 11.2. The molecule has 0 atom stereocenters. The average molecular weight is 307 g/mol. The summed E-state index contributed by atoms with van der Waals surface area (Å²) in [6, 6.07) is 0. The van der Waals surface area contributed by atoms with Crippen LogP contribution in [0.3, 0.4) is 0 Å². The van der Waals surface area contributed by atoms with Crippen LogP contribution in [0, 0.1) is 0 Å². The fourth-order valence-corrected chi connectivity index (χ4v) is 2.51. The third kappa shape index (κ3) is 3.47. The van der Waals surface area contributed by atoms with Gasteiger partial charge in [-0.3, -0.25) is 4.57 Å². The molecular formula is C15H25N5O2. The number of unbranched alkanes of at least 4 members (excludes halogenated alkanes) is 1. The van der Waals surface area contributed by atoms with E-state index >= 15 is 0 Å². The Morgan fingerprint density at radius 1 is 1.23 bits per heavy atom. The van der Waals surface area contributed by atoms with E-state index in [1.54, 1.807) is 10.9 Å². The smallest absolute Gasteiger partial charge is 0.351 e. The number of aliphatic hydroxyl groups is 1. The number of hydrogen-bond donors (Lipinski definition) is 2. The summed E-state index contributed by atoms with van der Waals surface area (Å²) >= 11 is 0. The van der Waals surface area contributed by atoms with Crippen molar-refractivity contribution in [1.29, 1.82) is 0 Å². The minimum absolute atomic E-state index is 0.177.